The highest BCUT2D eigenvalue weighted by atomic mass is 16.4. The molecule has 0 heterocycles. The van der Waals surface area contributed by atoms with Gasteiger partial charge in [-0.1, -0.05) is 65.0 Å². The van der Waals surface area contributed by atoms with Crippen molar-refractivity contribution in [2.45, 2.75) is 99.3 Å². The molecule has 0 unspecified atom stereocenters. The topological polar surface area (TPSA) is 80.4 Å². The van der Waals surface area contributed by atoms with Gasteiger partial charge in [0.25, 0.3) is 0 Å². The summed E-state index contributed by atoms with van der Waals surface area (Å²) in [5, 5.41) is 9.41. The molecule has 1 amide bonds. The quantitative estimate of drug-likeness (QED) is 0.364. The van der Waals surface area contributed by atoms with E-state index in [-0.39, 0.29) is 33.0 Å². The number of hydrogen-bond acceptors (Lipinski definition) is 2. The maximum atomic E-state index is 13.1. The number of carbonyl (C=O) groups excluding carboxylic acids is 1. The summed E-state index contributed by atoms with van der Waals surface area (Å²) < 4.78 is 0. The second-order valence-electron chi connectivity index (χ2n) is 16.1. The maximum absolute atomic E-state index is 13.1. The van der Waals surface area contributed by atoms with Crippen LogP contribution < -0.4 is 5.73 Å². The minimum Gasteiger partial charge on any atom is -0.478 e. The molecule has 1 aromatic carbocycles. The average molecular weight is 558 g/mol. The van der Waals surface area contributed by atoms with E-state index in [0.717, 1.165) is 37.7 Å². The number of aromatic carboxylic acids is 1. The van der Waals surface area contributed by atoms with Crippen LogP contribution in [0.2, 0.25) is 0 Å². The summed E-state index contributed by atoms with van der Waals surface area (Å²) in [7, 11) is 0. The predicted octanol–water partition coefficient (Wildman–Crippen LogP) is 8.52. The van der Waals surface area contributed by atoms with Crippen LogP contribution in [0.15, 0.2) is 42.5 Å². The third-order valence-electron chi connectivity index (χ3n) is 14.6. The van der Waals surface area contributed by atoms with Crippen molar-refractivity contribution in [1.29, 1.82) is 0 Å². The number of fused-ring (bicyclic) bond motifs is 7. The van der Waals surface area contributed by atoms with Gasteiger partial charge in [0.1, 0.15) is 0 Å². The third-order valence-corrected chi connectivity index (χ3v) is 14.6. The average Bonchev–Trinajstić information content (AvgIpc) is 3.30. The second-order valence-corrected chi connectivity index (χ2v) is 16.1. The number of benzene rings is 1. The highest BCUT2D eigenvalue weighted by Gasteiger charge is 2.71. The Morgan fingerprint density at radius 2 is 1.56 bits per heavy atom. The summed E-state index contributed by atoms with van der Waals surface area (Å²) in [4.78, 5) is 24.6. The van der Waals surface area contributed by atoms with Crippen LogP contribution in [0.3, 0.4) is 0 Å². The van der Waals surface area contributed by atoms with Gasteiger partial charge in [-0.25, -0.2) is 4.79 Å². The highest BCUT2D eigenvalue weighted by molar-refractivity contribution is 5.88. The number of nitrogens with two attached hydrogens (primary N) is 1. The van der Waals surface area contributed by atoms with Crippen LogP contribution in [0.1, 0.15) is 115 Å². The molecule has 9 atom stereocenters. The summed E-state index contributed by atoms with van der Waals surface area (Å²) >= 11 is 0. The molecule has 5 aliphatic rings. The lowest BCUT2D eigenvalue weighted by Crippen LogP contribution is -2.66. The van der Waals surface area contributed by atoms with E-state index >= 15 is 0 Å². The Morgan fingerprint density at radius 1 is 0.878 bits per heavy atom. The molecule has 0 radical (unpaired) electrons. The molecule has 0 aromatic heterocycles. The van der Waals surface area contributed by atoms with Crippen LogP contribution in [0.5, 0.6) is 0 Å². The molecule has 1 aromatic rings. The molecule has 3 N–H and O–H groups in total. The van der Waals surface area contributed by atoms with Gasteiger partial charge < -0.3 is 10.8 Å². The van der Waals surface area contributed by atoms with Gasteiger partial charge in [0.2, 0.25) is 5.91 Å². The number of rotatable bonds is 4. The normalized spacial score (nSPS) is 44.4. The first-order valence-electron chi connectivity index (χ1n) is 16.1. The van der Waals surface area contributed by atoms with Crippen molar-refractivity contribution in [3.05, 3.63) is 53.6 Å². The van der Waals surface area contributed by atoms with Gasteiger partial charge in [0.15, 0.2) is 0 Å². The molecule has 6 rings (SSSR count). The van der Waals surface area contributed by atoms with Gasteiger partial charge >= 0.3 is 5.97 Å². The molecular formula is C37H51NO3. The van der Waals surface area contributed by atoms with Crippen LogP contribution in [-0.4, -0.2) is 17.0 Å². The van der Waals surface area contributed by atoms with Gasteiger partial charge in [-0.3, -0.25) is 4.79 Å². The number of carboxylic acid groups (broad SMARTS) is 1. The SMILES string of the molecule is C=C(C)[C@@H]1CC[C@]2(C(N)=O)CC[C@]3(C)[C@H](CC[C@@H]4[C@@]5(C)CC=C(c6ccc(C(=O)O)cc6)C(C)(C)[C@@H]5CC[C@]43C)[C@@H]12. The summed E-state index contributed by atoms with van der Waals surface area (Å²) in [5.41, 5.74) is 10.6. The molecule has 4 heteroatoms. The van der Waals surface area contributed by atoms with Crippen LogP contribution >= 0.6 is 0 Å². The zero-order chi connectivity index (χ0) is 29.8. The van der Waals surface area contributed by atoms with Gasteiger partial charge in [0.05, 0.1) is 11.0 Å². The molecule has 0 bridgehead atoms. The van der Waals surface area contributed by atoms with E-state index in [1.807, 2.05) is 12.1 Å². The van der Waals surface area contributed by atoms with E-state index in [1.54, 1.807) is 12.1 Å². The lowest BCUT2D eigenvalue weighted by molar-refractivity contribution is -0.224. The van der Waals surface area contributed by atoms with Gasteiger partial charge in [-0.2, -0.15) is 0 Å². The van der Waals surface area contributed by atoms with Crippen LogP contribution in [0, 0.1) is 56.7 Å². The minimum atomic E-state index is -0.875. The van der Waals surface area contributed by atoms with Crippen LogP contribution in [0.25, 0.3) is 5.57 Å². The largest absolute Gasteiger partial charge is 0.478 e. The Kier molecular flexibility index (Phi) is 6.36. The van der Waals surface area contributed by atoms with E-state index < -0.39 is 5.97 Å². The fourth-order valence-electron chi connectivity index (χ4n) is 12.5. The van der Waals surface area contributed by atoms with Crippen molar-refractivity contribution in [1.82, 2.24) is 0 Å². The number of carbonyl (C=O) groups is 2. The third kappa shape index (κ3) is 3.64. The van der Waals surface area contributed by atoms with Gasteiger partial charge in [-0.15, -0.1) is 0 Å². The number of allylic oxidation sites excluding steroid dienone is 3. The van der Waals surface area contributed by atoms with E-state index in [2.05, 4.69) is 54.2 Å². The molecular weight excluding hydrogens is 506 g/mol. The first-order chi connectivity index (χ1) is 19.1. The number of primary amides is 1. The Labute approximate surface area is 247 Å². The first-order valence-corrected chi connectivity index (χ1v) is 16.1. The zero-order valence-corrected chi connectivity index (χ0v) is 26.2. The lowest BCUT2D eigenvalue weighted by Gasteiger charge is -2.72. The molecule has 41 heavy (non-hydrogen) atoms. The van der Waals surface area contributed by atoms with Crippen molar-refractivity contribution in [2.24, 2.45) is 62.4 Å². The Balaban J connectivity index is 1.37. The van der Waals surface area contributed by atoms with Crippen molar-refractivity contribution >= 4 is 17.4 Å². The second kappa shape index (κ2) is 9.07. The molecule has 0 aliphatic heterocycles. The van der Waals surface area contributed by atoms with Crippen molar-refractivity contribution in [2.75, 3.05) is 0 Å². The van der Waals surface area contributed by atoms with E-state index in [9.17, 15) is 14.7 Å². The van der Waals surface area contributed by atoms with E-state index in [0.29, 0.717) is 35.2 Å². The summed E-state index contributed by atoms with van der Waals surface area (Å²) in [6.45, 7) is 19.3. The summed E-state index contributed by atoms with van der Waals surface area (Å²) in [6.07, 6.45) is 12.5. The molecule has 5 aliphatic carbocycles. The number of hydrogen-bond donors (Lipinski definition) is 2. The molecule has 0 spiro atoms. The van der Waals surface area contributed by atoms with Crippen LogP contribution in [0.4, 0.5) is 0 Å². The van der Waals surface area contributed by atoms with E-state index in [4.69, 9.17) is 5.73 Å². The maximum Gasteiger partial charge on any atom is 0.335 e. The number of amides is 1. The Bertz CT molecular complexity index is 1320. The van der Waals surface area contributed by atoms with Crippen molar-refractivity contribution < 1.29 is 14.7 Å². The molecule has 4 nitrogen and oxygen atoms in total. The lowest BCUT2D eigenvalue weighted by atomic mass is 9.32. The Morgan fingerprint density at radius 3 is 2.17 bits per heavy atom. The monoisotopic (exact) mass is 557 g/mol. The van der Waals surface area contributed by atoms with Gasteiger partial charge in [-0.05, 0) is 139 Å². The predicted molar refractivity (Wildman–Crippen MR) is 165 cm³/mol. The first kappa shape index (κ1) is 28.7. The fraction of sp³-hybridized carbons (Fsp3) is 0.676. The molecule has 4 fully saturated rings. The van der Waals surface area contributed by atoms with Crippen molar-refractivity contribution in [3.63, 3.8) is 0 Å². The number of carboxylic acids is 1. The summed E-state index contributed by atoms with van der Waals surface area (Å²) in [5.74, 6) is 1.53. The fourth-order valence-corrected chi connectivity index (χ4v) is 12.5. The standard InChI is InChI=1S/C37H51NO3/c1-22(2)25-14-19-37(32(38)41)21-20-35(6)27(30(25)37)12-13-29-34(5)17-15-26(23-8-10-24(11-9-23)31(39)40)33(3,4)28(34)16-18-36(29,35)7/h8-11,15,25,27-30H,1,12-14,16-21H2,2-7H3,(H2,38,41)(H,39,40)/t25-,27+,28-,29+,30+,34-,35+,36+,37-/m0/s1. The van der Waals surface area contributed by atoms with Gasteiger partial charge in [0, 0.05) is 0 Å². The minimum absolute atomic E-state index is 0.00100. The summed E-state index contributed by atoms with van der Waals surface area (Å²) in [6, 6.07) is 7.51. The van der Waals surface area contributed by atoms with E-state index in [1.165, 1.54) is 36.8 Å². The van der Waals surface area contributed by atoms with Crippen LogP contribution in [-0.2, 0) is 4.79 Å². The molecule has 4 saturated carbocycles. The highest BCUT2D eigenvalue weighted by Crippen LogP contribution is 2.77. The zero-order valence-electron chi connectivity index (χ0n) is 26.2. The molecule has 222 valence electrons. The molecule has 0 saturated heterocycles. The van der Waals surface area contributed by atoms with Crippen molar-refractivity contribution in [3.8, 4) is 0 Å². The Hall–Kier alpha value is -2.36. The smallest absolute Gasteiger partial charge is 0.335 e.